The predicted octanol–water partition coefficient (Wildman–Crippen LogP) is 3.68. The Hall–Kier alpha value is -3.72. The molecule has 2 aliphatic heterocycles. The summed E-state index contributed by atoms with van der Waals surface area (Å²) in [7, 11) is 0. The molecule has 35 heavy (non-hydrogen) atoms. The number of imidazole rings is 1. The van der Waals surface area contributed by atoms with Crippen LogP contribution in [0.2, 0.25) is 0 Å². The lowest BCUT2D eigenvalue weighted by Crippen LogP contribution is -2.47. The molecule has 0 atom stereocenters. The van der Waals surface area contributed by atoms with Crippen molar-refractivity contribution < 1.29 is 0 Å². The van der Waals surface area contributed by atoms with Crippen molar-refractivity contribution >= 4 is 23.0 Å². The van der Waals surface area contributed by atoms with Gasteiger partial charge >= 0.3 is 0 Å². The average molecular weight is 471 g/mol. The van der Waals surface area contributed by atoms with Crippen LogP contribution in [0.1, 0.15) is 32.1 Å². The zero-order valence-electron chi connectivity index (χ0n) is 19.7. The molecule has 4 aromatic heterocycles. The van der Waals surface area contributed by atoms with Gasteiger partial charge < -0.3 is 20.1 Å². The lowest BCUT2D eigenvalue weighted by Gasteiger charge is -2.40. The Morgan fingerprint density at radius 1 is 0.943 bits per heavy atom. The molecule has 180 valence electrons. The number of hydrogen-bond donors (Lipinski definition) is 2. The van der Waals surface area contributed by atoms with Crippen molar-refractivity contribution in [2.45, 2.75) is 38.1 Å². The second kappa shape index (κ2) is 9.50. The summed E-state index contributed by atoms with van der Waals surface area (Å²) < 4.78 is 1.97. The van der Waals surface area contributed by atoms with Crippen molar-refractivity contribution in [2.24, 2.45) is 0 Å². The van der Waals surface area contributed by atoms with Gasteiger partial charge in [-0.25, -0.2) is 15.0 Å². The Morgan fingerprint density at radius 3 is 2.51 bits per heavy atom. The molecule has 2 fully saturated rings. The Morgan fingerprint density at radius 2 is 1.74 bits per heavy atom. The van der Waals surface area contributed by atoms with Gasteiger partial charge in [0, 0.05) is 49.4 Å². The molecule has 2 saturated heterocycles. The molecule has 2 aliphatic rings. The summed E-state index contributed by atoms with van der Waals surface area (Å²) in [6.45, 7) is 4.53. The van der Waals surface area contributed by atoms with Gasteiger partial charge in [-0.15, -0.1) is 0 Å². The maximum Gasteiger partial charge on any atom is 0.248 e. The Labute approximate surface area is 203 Å². The average Bonchev–Trinajstić information content (AvgIpc) is 3.41. The van der Waals surface area contributed by atoms with Crippen LogP contribution in [0.3, 0.4) is 0 Å². The van der Waals surface area contributed by atoms with Crippen LogP contribution in [-0.4, -0.2) is 61.5 Å². The lowest BCUT2D eigenvalue weighted by atomic mass is 10.0. The van der Waals surface area contributed by atoms with Gasteiger partial charge in [0.2, 0.25) is 11.5 Å². The maximum absolute atomic E-state index is 11.8. The summed E-state index contributed by atoms with van der Waals surface area (Å²) in [6, 6.07) is 8.13. The van der Waals surface area contributed by atoms with E-state index < -0.39 is 0 Å². The molecule has 9 nitrogen and oxygen atoms in total. The van der Waals surface area contributed by atoms with Crippen molar-refractivity contribution in [1.29, 1.82) is 0 Å². The van der Waals surface area contributed by atoms with Crippen LogP contribution >= 0.6 is 0 Å². The van der Waals surface area contributed by atoms with E-state index in [0.29, 0.717) is 6.04 Å². The van der Waals surface area contributed by atoms with Gasteiger partial charge in [0.1, 0.15) is 0 Å². The molecule has 6 heterocycles. The Balaban J connectivity index is 1.15. The highest BCUT2D eigenvalue weighted by molar-refractivity contribution is 5.77. The minimum Gasteiger partial charge on any atom is -0.350 e. The molecule has 0 radical (unpaired) electrons. The van der Waals surface area contributed by atoms with Crippen LogP contribution in [0.15, 0.2) is 60.0 Å². The van der Waals surface area contributed by atoms with Crippen LogP contribution in [0.5, 0.6) is 0 Å². The molecule has 0 spiro atoms. The molecular weight excluding hydrogens is 440 g/mol. The molecule has 0 bridgehead atoms. The fourth-order valence-electron chi connectivity index (χ4n) is 5.37. The third-order valence-electron chi connectivity index (χ3n) is 7.19. The van der Waals surface area contributed by atoms with Gasteiger partial charge in [-0.05, 0) is 57.0 Å². The van der Waals surface area contributed by atoms with Gasteiger partial charge in [-0.3, -0.25) is 9.20 Å². The quantitative estimate of drug-likeness (QED) is 0.459. The number of aromatic nitrogens is 5. The predicted molar refractivity (Wildman–Crippen MR) is 137 cm³/mol. The molecule has 4 aromatic rings. The van der Waals surface area contributed by atoms with Gasteiger partial charge in [-0.1, -0.05) is 6.42 Å². The van der Waals surface area contributed by atoms with E-state index in [0.717, 1.165) is 47.3 Å². The second-order valence-corrected chi connectivity index (χ2v) is 9.41. The maximum atomic E-state index is 11.8. The standard InChI is InChI=1S/C26H30N8O/c35-24-16-19(6-9-27-24)23-5-4-22(25-28-10-15-34(23)25)31-20-17-29-26(30-18-20)33-13-7-21(8-14-33)32-11-2-1-3-12-32/h4-6,9-10,15-18,21,31H,1-3,7-8,11-14H2,(H,27,35). The van der Waals surface area contributed by atoms with E-state index in [1.165, 1.54) is 45.2 Å². The van der Waals surface area contributed by atoms with Crippen LogP contribution in [0, 0.1) is 0 Å². The van der Waals surface area contributed by atoms with E-state index in [-0.39, 0.29) is 5.56 Å². The van der Waals surface area contributed by atoms with Crippen LogP contribution in [-0.2, 0) is 0 Å². The molecule has 0 aliphatic carbocycles. The highest BCUT2D eigenvalue weighted by atomic mass is 16.1. The first-order chi connectivity index (χ1) is 17.2. The number of fused-ring (bicyclic) bond motifs is 1. The molecule has 0 saturated carbocycles. The first kappa shape index (κ1) is 21.8. The molecule has 2 N–H and O–H groups in total. The van der Waals surface area contributed by atoms with Crippen molar-refractivity contribution in [3.63, 3.8) is 0 Å². The summed E-state index contributed by atoms with van der Waals surface area (Å²) in [5, 5.41) is 3.40. The summed E-state index contributed by atoms with van der Waals surface area (Å²) in [5.74, 6) is 0.795. The minimum absolute atomic E-state index is 0.133. The monoisotopic (exact) mass is 470 g/mol. The molecular formula is C26H30N8O. The smallest absolute Gasteiger partial charge is 0.248 e. The number of likely N-dealkylation sites (tertiary alicyclic amines) is 1. The lowest BCUT2D eigenvalue weighted by molar-refractivity contribution is 0.141. The summed E-state index contributed by atoms with van der Waals surface area (Å²) in [5.41, 5.74) is 4.03. The van der Waals surface area contributed by atoms with Crippen molar-refractivity contribution in [2.75, 3.05) is 36.4 Å². The number of anilines is 3. The number of nitrogens with one attached hydrogen (secondary N) is 2. The van der Waals surface area contributed by atoms with Gasteiger partial charge in [0.05, 0.1) is 29.5 Å². The van der Waals surface area contributed by atoms with E-state index in [9.17, 15) is 4.79 Å². The van der Waals surface area contributed by atoms with Crippen LogP contribution in [0.4, 0.5) is 17.3 Å². The van der Waals surface area contributed by atoms with Crippen LogP contribution in [0.25, 0.3) is 16.9 Å². The topological polar surface area (TPSA) is 94.4 Å². The normalized spacial score (nSPS) is 17.7. The zero-order chi connectivity index (χ0) is 23.6. The van der Waals surface area contributed by atoms with Gasteiger partial charge in [0.25, 0.3) is 0 Å². The van der Waals surface area contributed by atoms with E-state index in [4.69, 9.17) is 0 Å². The SMILES string of the molecule is O=c1cc(-c2ccc(Nc3cnc(N4CCC(N5CCCCC5)CC4)nc3)c3nccn23)cc[nH]1. The van der Waals surface area contributed by atoms with E-state index in [1.54, 1.807) is 18.5 Å². The van der Waals surface area contributed by atoms with Crippen LogP contribution < -0.4 is 15.8 Å². The first-order valence-corrected chi connectivity index (χ1v) is 12.5. The molecule has 6 rings (SSSR count). The fourth-order valence-corrected chi connectivity index (χ4v) is 5.37. The molecule has 0 unspecified atom stereocenters. The third-order valence-corrected chi connectivity index (χ3v) is 7.19. The van der Waals surface area contributed by atoms with Crippen molar-refractivity contribution in [3.05, 3.63) is 65.6 Å². The molecule has 9 heteroatoms. The van der Waals surface area contributed by atoms with Gasteiger partial charge in [-0.2, -0.15) is 0 Å². The third kappa shape index (κ3) is 4.51. The van der Waals surface area contributed by atoms with E-state index in [1.807, 2.05) is 41.2 Å². The molecule has 0 aromatic carbocycles. The minimum atomic E-state index is -0.133. The largest absolute Gasteiger partial charge is 0.350 e. The number of hydrogen-bond acceptors (Lipinski definition) is 7. The Bertz CT molecular complexity index is 1350. The fraction of sp³-hybridized carbons (Fsp3) is 0.385. The highest BCUT2D eigenvalue weighted by Gasteiger charge is 2.26. The number of H-pyrrole nitrogens is 1. The second-order valence-electron chi connectivity index (χ2n) is 9.41. The Kier molecular flexibility index (Phi) is 5.91. The number of pyridine rings is 2. The van der Waals surface area contributed by atoms with Gasteiger partial charge in [0.15, 0.2) is 5.65 Å². The number of piperidine rings is 2. The zero-order valence-corrected chi connectivity index (χ0v) is 19.7. The molecule has 0 amide bonds. The summed E-state index contributed by atoms with van der Waals surface area (Å²) in [6.07, 6.45) is 15.4. The van der Waals surface area contributed by atoms with E-state index in [2.05, 4.69) is 35.1 Å². The number of aromatic amines is 1. The number of nitrogens with zero attached hydrogens (tertiary/aromatic N) is 6. The highest BCUT2D eigenvalue weighted by Crippen LogP contribution is 2.27. The summed E-state index contributed by atoms with van der Waals surface area (Å²) in [4.78, 5) is 33.2. The first-order valence-electron chi connectivity index (χ1n) is 12.5. The summed E-state index contributed by atoms with van der Waals surface area (Å²) >= 11 is 0. The van der Waals surface area contributed by atoms with E-state index >= 15 is 0 Å². The van der Waals surface area contributed by atoms with Crippen molar-refractivity contribution in [1.82, 2.24) is 29.2 Å². The number of rotatable bonds is 5. The van der Waals surface area contributed by atoms with Crippen molar-refractivity contribution in [3.8, 4) is 11.3 Å².